The van der Waals surface area contributed by atoms with Gasteiger partial charge >= 0.3 is 0 Å². The summed E-state index contributed by atoms with van der Waals surface area (Å²) >= 11 is 0. The second-order valence-electron chi connectivity index (χ2n) is 4.41. The van der Waals surface area contributed by atoms with Gasteiger partial charge in [0.15, 0.2) is 0 Å². The summed E-state index contributed by atoms with van der Waals surface area (Å²) in [5, 5.41) is 8.77. The number of nitrogen functional groups attached to an aromatic ring is 1. The van der Waals surface area contributed by atoms with Crippen LogP contribution in [0.2, 0.25) is 0 Å². The van der Waals surface area contributed by atoms with Crippen molar-refractivity contribution in [3.8, 4) is 6.07 Å². The molecule has 3 nitrogen and oxygen atoms in total. The monoisotopic (exact) mass is 251 g/mol. The van der Waals surface area contributed by atoms with Gasteiger partial charge in [-0.3, -0.25) is 0 Å². The molecule has 2 aromatic carbocycles. The SMILES string of the molecule is N#CCCN(Cc1ccc(N)cc1)c1ccccc1. The Bertz CT molecular complexity index is 540. The Balaban J connectivity index is 2.14. The van der Waals surface area contributed by atoms with Crippen LogP contribution in [-0.2, 0) is 6.54 Å². The van der Waals surface area contributed by atoms with E-state index in [9.17, 15) is 0 Å². The Morgan fingerprint density at radius 3 is 2.32 bits per heavy atom. The second kappa shape index (κ2) is 6.46. The van der Waals surface area contributed by atoms with E-state index in [1.54, 1.807) is 0 Å². The van der Waals surface area contributed by atoms with Crippen LogP contribution in [0.3, 0.4) is 0 Å². The standard InChI is InChI=1S/C16H17N3/c17-11-4-12-19(16-5-2-1-3-6-16)13-14-7-9-15(18)10-8-14/h1-3,5-10H,4,12-13,18H2. The minimum atomic E-state index is 0.518. The van der Waals surface area contributed by atoms with Crippen molar-refractivity contribution in [2.75, 3.05) is 17.2 Å². The van der Waals surface area contributed by atoms with E-state index in [-0.39, 0.29) is 0 Å². The lowest BCUT2D eigenvalue weighted by Gasteiger charge is -2.24. The van der Waals surface area contributed by atoms with Gasteiger partial charge < -0.3 is 10.6 Å². The van der Waals surface area contributed by atoms with E-state index >= 15 is 0 Å². The molecule has 0 amide bonds. The topological polar surface area (TPSA) is 53.0 Å². The maximum Gasteiger partial charge on any atom is 0.0640 e. The van der Waals surface area contributed by atoms with Crippen molar-refractivity contribution in [3.63, 3.8) is 0 Å². The Labute approximate surface area is 113 Å². The minimum absolute atomic E-state index is 0.518. The largest absolute Gasteiger partial charge is 0.399 e. The van der Waals surface area contributed by atoms with Gasteiger partial charge in [-0.1, -0.05) is 30.3 Å². The van der Waals surface area contributed by atoms with Gasteiger partial charge in [0, 0.05) is 24.5 Å². The van der Waals surface area contributed by atoms with Gasteiger partial charge in [-0.05, 0) is 29.8 Å². The van der Waals surface area contributed by atoms with Crippen molar-refractivity contribution in [2.24, 2.45) is 0 Å². The summed E-state index contributed by atoms with van der Waals surface area (Å²) in [7, 11) is 0. The third kappa shape index (κ3) is 3.75. The van der Waals surface area contributed by atoms with E-state index in [1.807, 2.05) is 42.5 Å². The lowest BCUT2D eigenvalue weighted by molar-refractivity contribution is 0.798. The Hall–Kier alpha value is -2.47. The van der Waals surface area contributed by atoms with Crippen LogP contribution in [0.4, 0.5) is 11.4 Å². The number of rotatable bonds is 5. The van der Waals surface area contributed by atoms with E-state index in [1.165, 1.54) is 5.56 Å². The van der Waals surface area contributed by atoms with Crippen LogP contribution < -0.4 is 10.6 Å². The third-order valence-electron chi connectivity index (χ3n) is 2.97. The normalized spacial score (nSPS) is 9.84. The Morgan fingerprint density at radius 2 is 1.68 bits per heavy atom. The molecule has 0 aliphatic heterocycles. The van der Waals surface area contributed by atoms with Gasteiger partial charge in [0.1, 0.15) is 0 Å². The fourth-order valence-corrected chi connectivity index (χ4v) is 1.97. The summed E-state index contributed by atoms with van der Waals surface area (Å²) in [5.41, 5.74) is 8.79. The molecule has 96 valence electrons. The first kappa shape index (κ1) is 13.0. The zero-order chi connectivity index (χ0) is 13.5. The summed E-state index contributed by atoms with van der Waals surface area (Å²) in [4.78, 5) is 2.20. The molecule has 2 aromatic rings. The average molecular weight is 251 g/mol. The van der Waals surface area contributed by atoms with Crippen LogP contribution in [0.15, 0.2) is 54.6 Å². The molecule has 0 radical (unpaired) electrons. The molecule has 2 N–H and O–H groups in total. The van der Waals surface area contributed by atoms with Crippen LogP contribution in [0, 0.1) is 11.3 Å². The number of para-hydroxylation sites is 1. The molecule has 0 saturated carbocycles. The van der Waals surface area contributed by atoms with Gasteiger partial charge in [-0.25, -0.2) is 0 Å². The fraction of sp³-hybridized carbons (Fsp3) is 0.188. The van der Waals surface area contributed by atoms with Crippen LogP contribution in [0.1, 0.15) is 12.0 Å². The van der Waals surface area contributed by atoms with E-state index in [2.05, 4.69) is 23.1 Å². The van der Waals surface area contributed by atoms with Crippen molar-refractivity contribution in [2.45, 2.75) is 13.0 Å². The van der Waals surface area contributed by atoms with Crippen LogP contribution in [0.5, 0.6) is 0 Å². The van der Waals surface area contributed by atoms with Gasteiger partial charge in [-0.2, -0.15) is 5.26 Å². The number of anilines is 2. The maximum absolute atomic E-state index is 8.77. The number of nitrogens with two attached hydrogens (primary N) is 1. The molecule has 3 heteroatoms. The van der Waals surface area contributed by atoms with Gasteiger partial charge in [0.2, 0.25) is 0 Å². The van der Waals surface area contributed by atoms with E-state index in [4.69, 9.17) is 11.0 Å². The molecule has 2 rings (SSSR count). The van der Waals surface area contributed by atoms with E-state index < -0.39 is 0 Å². The van der Waals surface area contributed by atoms with Gasteiger partial charge in [0.05, 0.1) is 12.5 Å². The summed E-state index contributed by atoms with van der Waals surface area (Å²) in [5.74, 6) is 0. The molecule has 0 atom stereocenters. The van der Waals surface area contributed by atoms with Crippen molar-refractivity contribution in [1.29, 1.82) is 5.26 Å². The third-order valence-corrected chi connectivity index (χ3v) is 2.97. The van der Waals surface area contributed by atoms with Crippen LogP contribution in [0.25, 0.3) is 0 Å². The first-order chi connectivity index (χ1) is 9.29. The number of hydrogen-bond acceptors (Lipinski definition) is 3. The Morgan fingerprint density at radius 1 is 1.00 bits per heavy atom. The molecule has 19 heavy (non-hydrogen) atoms. The molecule has 0 heterocycles. The molecular weight excluding hydrogens is 234 g/mol. The summed E-state index contributed by atoms with van der Waals surface area (Å²) in [6.45, 7) is 1.51. The highest BCUT2D eigenvalue weighted by Crippen LogP contribution is 2.17. The predicted molar refractivity (Wildman–Crippen MR) is 78.6 cm³/mol. The maximum atomic E-state index is 8.77. The highest BCUT2D eigenvalue weighted by Gasteiger charge is 2.06. The number of hydrogen-bond donors (Lipinski definition) is 1. The zero-order valence-electron chi connectivity index (χ0n) is 10.8. The zero-order valence-corrected chi connectivity index (χ0v) is 10.8. The molecule has 0 aliphatic carbocycles. The number of nitriles is 1. The van der Waals surface area contributed by atoms with Crippen molar-refractivity contribution in [3.05, 3.63) is 60.2 Å². The first-order valence-corrected chi connectivity index (χ1v) is 6.31. The molecule has 0 saturated heterocycles. The fourth-order valence-electron chi connectivity index (χ4n) is 1.97. The smallest absolute Gasteiger partial charge is 0.0640 e. The minimum Gasteiger partial charge on any atom is -0.399 e. The lowest BCUT2D eigenvalue weighted by atomic mass is 10.1. The van der Waals surface area contributed by atoms with Crippen molar-refractivity contribution < 1.29 is 0 Å². The van der Waals surface area contributed by atoms with Crippen LogP contribution in [-0.4, -0.2) is 6.54 Å². The molecular formula is C16H17N3. The highest BCUT2D eigenvalue weighted by molar-refractivity contribution is 5.47. The average Bonchev–Trinajstić information content (AvgIpc) is 2.46. The molecule has 0 spiro atoms. The predicted octanol–water partition coefficient (Wildman–Crippen LogP) is 3.19. The summed E-state index contributed by atoms with van der Waals surface area (Å²) in [6.07, 6.45) is 0.518. The first-order valence-electron chi connectivity index (χ1n) is 6.31. The molecule has 0 aromatic heterocycles. The second-order valence-corrected chi connectivity index (χ2v) is 4.41. The van der Waals surface area contributed by atoms with Gasteiger partial charge in [-0.15, -0.1) is 0 Å². The Kier molecular flexibility index (Phi) is 4.41. The summed E-state index contributed by atoms with van der Waals surface area (Å²) < 4.78 is 0. The molecule has 0 bridgehead atoms. The molecule has 0 aliphatic rings. The quantitative estimate of drug-likeness (QED) is 0.830. The molecule has 0 unspecified atom stereocenters. The summed E-state index contributed by atoms with van der Waals surface area (Å²) in [6, 6.07) is 20.2. The number of benzene rings is 2. The van der Waals surface area contributed by atoms with E-state index in [0.717, 1.165) is 24.5 Å². The van der Waals surface area contributed by atoms with Crippen molar-refractivity contribution in [1.82, 2.24) is 0 Å². The highest BCUT2D eigenvalue weighted by atomic mass is 15.1. The number of nitrogens with zero attached hydrogens (tertiary/aromatic N) is 2. The lowest BCUT2D eigenvalue weighted by Crippen LogP contribution is -2.23. The van der Waals surface area contributed by atoms with Gasteiger partial charge in [0.25, 0.3) is 0 Å². The van der Waals surface area contributed by atoms with Crippen LogP contribution >= 0.6 is 0 Å². The van der Waals surface area contributed by atoms with Crippen molar-refractivity contribution >= 4 is 11.4 Å². The van der Waals surface area contributed by atoms with E-state index in [0.29, 0.717) is 6.42 Å². The molecule has 0 fully saturated rings.